The number of rotatable bonds is 3. The SMILES string of the molecule is Cn1cc([C@@H]2CCCN2CCC#N)cn1. The van der Waals surface area contributed by atoms with Gasteiger partial charge in [-0.05, 0) is 19.4 Å². The third-order valence-corrected chi connectivity index (χ3v) is 2.98. The second-order valence-electron chi connectivity index (χ2n) is 4.05. The summed E-state index contributed by atoms with van der Waals surface area (Å²) in [7, 11) is 1.94. The molecule has 4 heteroatoms. The van der Waals surface area contributed by atoms with Gasteiger partial charge >= 0.3 is 0 Å². The van der Waals surface area contributed by atoms with Crippen molar-refractivity contribution in [2.24, 2.45) is 7.05 Å². The van der Waals surface area contributed by atoms with Gasteiger partial charge in [-0.1, -0.05) is 0 Å². The van der Waals surface area contributed by atoms with Gasteiger partial charge in [0.15, 0.2) is 0 Å². The predicted molar refractivity (Wildman–Crippen MR) is 57.0 cm³/mol. The second-order valence-corrected chi connectivity index (χ2v) is 4.05. The van der Waals surface area contributed by atoms with E-state index in [4.69, 9.17) is 5.26 Å². The van der Waals surface area contributed by atoms with Crippen LogP contribution in [0.25, 0.3) is 0 Å². The van der Waals surface area contributed by atoms with Crippen LogP contribution in [0.1, 0.15) is 30.9 Å². The van der Waals surface area contributed by atoms with Crippen LogP contribution in [0.3, 0.4) is 0 Å². The Hall–Kier alpha value is -1.34. The van der Waals surface area contributed by atoms with Gasteiger partial charge in [0, 0.05) is 37.8 Å². The molecule has 0 spiro atoms. The first-order valence-corrected chi connectivity index (χ1v) is 5.41. The highest BCUT2D eigenvalue weighted by Crippen LogP contribution is 2.31. The maximum Gasteiger partial charge on any atom is 0.0635 e. The van der Waals surface area contributed by atoms with Crippen LogP contribution in [0.4, 0.5) is 0 Å². The largest absolute Gasteiger partial charge is 0.295 e. The zero-order chi connectivity index (χ0) is 10.7. The molecule has 80 valence electrons. The van der Waals surface area contributed by atoms with Gasteiger partial charge in [0.2, 0.25) is 0 Å². The molecule has 15 heavy (non-hydrogen) atoms. The maximum absolute atomic E-state index is 8.59. The average Bonchev–Trinajstić information content (AvgIpc) is 2.82. The number of likely N-dealkylation sites (tertiary alicyclic amines) is 1. The van der Waals surface area contributed by atoms with Crippen LogP contribution in [0.15, 0.2) is 12.4 Å². The molecule has 0 aliphatic carbocycles. The topological polar surface area (TPSA) is 44.9 Å². The summed E-state index contributed by atoms with van der Waals surface area (Å²) in [4.78, 5) is 2.39. The number of nitriles is 1. The van der Waals surface area contributed by atoms with Crippen molar-refractivity contribution in [1.82, 2.24) is 14.7 Å². The minimum absolute atomic E-state index is 0.479. The highest BCUT2D eigenvalue weighted by atomic mass is 15.3. The van der Waals surface area contributed by atoms with Crippen LogP contribution in [0.2, 0.25) is 0 Å². The Bertz CT molecular complexity index is 363. The maximum atomic E-state index is 8.59. The smallest absolute Gasteiger partial charge is 0.0635 e. The standard InChI is InChI=1S/C11H16N4/c1-14-9-10(8-13-14)11-4-2-6-15(11)7-3-5-12/h8-9,11H,2-4,6-7H2,1H3/t11-/m0/s1. The minimum atomic E-state index is 0.479. The van der Waals surface area contributed by atoms with Gasteiger partial charge in [-0.15, -0.1) is 0 Å². The van der Waals surface area contributed by atoms with E-state index < -0.39 is 0 Å². The van der Waals surface area contributed by atoms with Crippen LogP contribution in [0.5, 0.6) is 0 Å². The van der Waals surface area contributed by atoms with E-state index in [9.17, 15) is 0 Å². The van der Waals surface area contributed by atoms with E-state index in [0.717, 1.165) is 13.1 Å². The lowest BCUT2D eigenvalue weighted by Crippen LogP contribution is -2.23. The van der Waals surface area contributed by atoms with E-state index in [1.54, 1.807) is 0 Å². The predicted octanol–water partition coefficient (Wildman–Crippen LogP) is 1.47. The van der Waals surface area contributed by atoms with Crippen LogP contribution >= 0.6 is 0 Å². The fraction of sp³-hybridized carbons (Fsp3) is 0.636. The van der Waals surface area contributed by atoms with Crippen molar-refractivity contribution in [3.8, 4) is 6.07 Å². The van der Waals surface area contributed by atoms with Crippen LogP contribution in [0, 0.1) is 11.3 Å². The molecule has 0 unspecified atom stereocenters. The van der Waals surface area contributed by atoms with Crippen molar-refractivity contribution in [1.29, 1.82) is 5.26 Å². The molecule has 2 rings (SSSR count). The molecule has 1 aliphatic rings. The molecule has 1 aliphatic heterocycles. The lowest BCUT2D eigenvalue weighted by Gasteiger charge is -2.22. The summed E-state index contributed by atoms with van der Waals surface area (Å²) in [6.45, 7) is 2.00. The van der Waals surface area contributed by atoms with Crippen molar-refractivity contribution >= 4 is 0 Å². The van der Waals surface area contributed by atoms with E-state index >= 15 is 0 Å². The Balaban J connectivity index is 2.05. The number of aryl methyl sites for hydroxylation is 1. The van der Waals surface area contributed by atoms with E-state index in [-0.39, 0.29) is 0 Å². The van der Waals surface area contributed by atoms with E-state index in [2.05, 4.69) is 22.3 Å². The Labute approximate surface area is 90.1 Å². The fourth-order valence-corrected chi connectivity index (χ4v) is 2.28. The van der Waals surface area contributed by atoms with Gasteiger partial charge in [-0.2, -0.15) is 10.4 Å². The quantitative estimate of drug-likeness (QED) is 0.749. The van der Waals surface area contributed by atoms with Gasteiger partial charge in [-0.3, -0.25) is 9.58 Å². The molecule has 4 nitrogen and oxygen atoms in total. The van der Waals surface area contributed by atoms with Gasteiger partial charge in [0.1, 0.15) is 0 Å². The van der Waals surface area contributed by atoms with Gasteiger partial charge < -0.3 is 0 Å². The number of hydrogen-bond acceptors (Lipinski definition) is 3. The third-order valence-electron chi connectivity index (χ3n) is 2.98. The van der Waals surface area contributed by atoms with Gasteiger partial charge in [-0.25, -0.2) is 0 Å². The molecule has 1 saturated heterocycles. The molecule has 1 fully saturated rings. The minimum Gasteiger partial charge on any atom is -0.295 e. The Morgan fingerprint density at radius 3 is 3.20 bits per heavy atom. The molecule has 1 aromatic rings. The first kappa shape index (κ1) is 10.2. The molecule has 0 radical (unpaired) electrons. The van der Waals surface area contributed by atoms with Gasteiger partial charge in [0.05, 0.1) is 12.3 Å². The fourth-order valence-electron chi connectivity index (χ4n) is 2.28. The first-order valence-electron chi connectivity index (χ1n) is 5.41. The molecule has 2 heterocycles. The monoisotopic (exact) mass is 204 g/mol. The summed E-state index contributed by atoms with van der Waals surface area (Å²) < 4.78 is 1.84. The number of hydrogen-bond donors (Lipinski definition) is 0. The zero-order valence-corrected chi connectivity index (χ0v) is 9.06. The Morgan fingerprint density at radius 1 is 1.67 bits per heavy atom. The van der Waals surface area contributed by atoms with Crippen molar-refractivity contribution < 1.29 is 0 Å². The van der Waals surface area contributed by atoms with Gasteiger partial charge in [0.25, 0.3) is 0 Å². The van der Waals surface area contributed by atoms with Crippen molar-refractivity contribution in [2.75, 3.05) is 13.1 Å². The molecule has 1 aromatic heterocycles. The second kappa shape index (κ2) is 4.45. The van der Waals surface area contributed by atoms with Crippen molar-refractivity contribution in [2.45, 2.75) is 25.3 Å². The van der Waals surface area contributed by atoms with E-state index in [0.29, 0.717) is 12.5 Å². The zero-order valence-electron chi connectivity index (χ0n) is 9.06. The molecule has 1 atom stereocenters. The van der Waals surface area contributed by atoms with Crippen LogP contribution < -0.4 is 0 Å². The molecule has 0 bridgehead atoms. The summed E-state index contributed by atoms with van der Waals surface area (Å²) in [5.74, 6) is 0. The first-order chi connectivity index (χ1) is 7.31. The normalized spacial score (nSPS) is 21.7. The third kappa shape index (κ3) is 2.18. The Kier molecular flexibility index (Phi) is 3.02. The molecular weight excluding hydrogens is 188 g/mol. The number of nitrogens with zero attached hydrogens (tertiary/aromatic N) is 4. The highest BCUT2D eigenvalue weighted by Gasteiger charge is 2.26. The summed E-state index contributed by atoms with van der Waals surface area (Å²) in [6, 6.07) is 2.69. The summed E-state index contributed by atoms with van der Waals surface area (Å²) in [5.41, 5.74) is 1.29. The number of aromatic nitrogens is 2. The van der Waals surface area contributed by atoms with Crippen molar-refractivity contribution in [3.63, 3.8) is 0 Å². The lowest BCUT2D eigenvalue weighted by atomic mass is 10.1. The Morgan fingerprint density at radius 2 is 2.53 bits per heavy atom. The van der Waals surface area contributed by atoms with Crippen LogP contribution in [-0.2, 0) is 7.05 Å². The van der Waals surface area contributed by atoms with Crippen molar-refractivity contribution in [3.05, 3.63) is 18.0 Å². The van der Waals surface area contributed by atoms with E-state index in [1.165, 1.54) is 18.4 Å². The lowest BCUT2D eigenvalue weighted by molar-refractivity contribution is 0.263. The summed E-state index contributed by atoms with van der Waals surface area (Å²) >= 11 is 0. The molecule has 0 aromatic carbocycles. The molecule has 0 saturated carbocycles. The van der Waals surface area contributed by atoms with Crippen LogP contribution in [-0.4, -0.2) is 27.8 Å². The summed E-state index contributed by atoms with van der Waals surface area (Å²) in [6.07, 6.45) is 7.06. The average molecular weight is 204 g/mol. The molecular formula is C11H16N4. The highest BCUT2D eigenvalue weighted by molar-refractivity contribution is 5.12. The summed E-state index contributed by atoms with van der Waals surface area (Å²) in [5, 5.41) is 12.8. The van der Waals surface area contributed by atoms with E-state index in [1.807, 2.05) is 17.9 Å². The molecule has 0 N–H and O–H groups in total. The molecule has 0 amide bonds.